The van der Waals surface area contributed by atoms with Crippen LogP contribution in [-0.4, -0.2) is 35.6 Å². The van der Waals surface area contributed by atoms with E-state index in [9.17, 15) is 13.2 Å². The molecule has 0 unspecified atom stereocenters. The van der Waals surface area contributed by atoms with Crippen LogP contribution in [0.1, 0.15) is 81.5 Å². The fourth-order valence-electron chi connectivity index (χ4n) is 2.24. The van der Waals surface area contributed by atoms with Crippen LogP contribution in [0.3, 0.4) is 0 Å². The molecule has 1 aromatic rings. The summed E-state index contributed by atoms with van der Waals surface area (Å²) in [6.07, 6.45) is 14.7. The van der Waals surface area contributed by atoms with Gasteiger partial charge in [-0.05, 0) is 18.6 Å². The Bertz CT molecular complexity index is 562. The van der Waals surface area contributed by atoms with Crippen LogP contribution in [-0.2, 0) is 14.6 Å². The Morgan fingerprint density at radius 1 is 1.04 bits per heavy atom. The van der Waals surface area contributed by atoms with Crippen molar-refractivity contribution in [3.8, 4) is 0 Å². The molecule has 0 bridgehead atoms. The molecule has 7 nitrogen and oxygen atoms in total. The van der Waals surface area contributed by atoms with Crippen molar-refractivity contribution in [2.24, 2.45) is 0 Å². The summed E-state index contributed by atoms with van der Waals surface area (Å²) >= 11 is 0. The Morgan fingerprint density at radius 3 is 1.96 bits per heavy atom. The Balaban J connectivity index is 0.000000577. The number of rotatable bonds is 13. The Kier molecular flexibility index (Phi) is 14.8. The van der Waals surface area contributed by atoms with Crippen LogP contribution in [0.4, 0.5) is 0 Å². The molecule has 0 saturated heterocycles. The van der Waals surface area contributed by atoms with Crippen LogP contribution in [0.25, 0.3) is 0 Å². The number of unbranched alkanes of at least 4 members (excludes halogenated alkanes) is 9. The number of nitrogens with zero attached hydrogens (tertiary/aromatic N) is 1. The quantitative estimate of drug-likeness (QED) is 0.377. The molecule has 0 fully saturated rings. The first kappa shape index (κ1) is 24.5. The highest BCUT2D eigenvalue weighted by atomic mass is 32.3. The van der Waals surface area contributed by atoms with Crippen molar-refractivity contribution in [3.05, 3.63) is 30.1 Å². The van der Waals surface area contributed by atoms with Crippen molar-refractivity contribution < 1.29 is 27.1 Å². The monoisotopic (exact) mass is 389 g/mol. The second kappa shape index (κ2) is 15.7. The van der Waals surface area contributed by atoms with Gasteiger partial charge in [0.15, 0.2) is 0 Å². The summed E-state index contributed by atoms with van der Waals surface area (Å²) in [7, 11) is -4.23. The smallest absolute Gasteiger partial charge is 0.397 e. The van der Waals surface area contributed by atoms with Gasteiger partial charge in [0.05, 0.1) is 12.2 Å². The molecule has 2 N–H and O–H groups in total. The molecule has 0 amide bonds. The third kappa shape index (κ3) is 17.3. The molecule has 26 heavy (non-hydrogen) atoms. The molecule has 0 atom stereocenters. The van der Waals surface area contributed by atoms with E-state index in [1.165, 1.54) is 63.4 Å². The average molecular weight is 390 g/mol. The molecule has 0 spiro atoms. The molecule has 1 heterocycles. The van der Waals surface area contributed by atoms with Crippen LogP contribution in [0.2, 0.25) is 0 Å². The van der Waals surface area contributed by atoms with Gasteiger partial charge in [0.25, 0.3) is 0 Å². The van der Waals surface area contributed by atoms with Crippen molar-refractivity contribution >= 4 is 16.4 Å². The molecule has 0 aromatic carbocycles. The van der Waals surface area contributed by atoms with E-state index in [1.807, 2.05) is 0 Å². The number of carboxylic acid groups (broad SMARTS) is 1. The molecule has 150 valence electrons. The maximum atomic E-state index is 10.2. The van der Waals surface area contributed by atoms with Crippen molar-refractivity contribution in [2.75, 3.05) is 6.61 Å². The van der Waals surface area contributed by atoms with E-state index >= 15 is 0 Å². The zero-order valence-electron chi connectivity index (χ0n) is 15.5. The first-order chi connectivity index (χ1) is 12.4. The standard InChI is InChI=1S/C12H26O4S.C6H5NO2/c1-2-3-4-5-6-7-8-9-10-11-12-16-17(13,14)15;8-6(9)5-2-1-3-7-4-5/h2-12H2,1H3,(H,13,14,15);1-4H,(H,8,9). The van der Waals surface area contributed by atoms with E-state index in [0.717, 1.165) is 12.8 Å². The molecule has 0 aliphatic heterocycles. The molecule has 0 aliphatic rings. The van der Waals surface area contributed by atoms with Gasteiger partial charge in [-0.1, -0.05) is 64.7 Å². The zero-order valence-corrected chi connectivity index (χ0v) is 16.3. The minimum absolute atomic E-state index is 0.0926. The van der Waals surface area contributed by atoms with Gasteiger partial charge in [-0.2, -0.15) is 8.42 Å². The second-order valence-corrected chi connectivity index (χ2v) is 7.07. The van der Waals surface area contributed by atoms with Crippen molar-refractivity contribution in [2.45, 2.75) is 71.1 Å². The highest BCUT2D eigenvalue weighted by molar-refractivity contribution is 7.80. The van der Waals surface area contributed by atoms with E-state index in [1.54, 1.807) is 6.07 Å². The Hall–Kier alpha value is -1.51. The number of carboxylic acids is 1. The summed E-state index contributed by atoms with van der Waals surface area (Å²) in [6.45, 7) is 2.31. The number of carbonyl (C=O) groups is 1. The molecular formula is C18H31NO6S. The van der Waals surface area contributed by atoms with E-state index in [2.05, 4.69) is 16.1 Å². The van der Waals surface area contributed by atoms with Gasteiger partial charge in [0, 0.05) is 12.4 Å². The normalized spacial score (nSPS) is 10.8. The number of hydrogen-bond donors (Lipinski definition) is 2. The molecule has 0 saturated carbocycles. The van der Waals surface area contributed by atoms with Crippen LogP contribution < -0.4 is 0 Å². The van der Waals surface area contributed by atoms with Gasteiger partial charge in [-0.3, -0.25) is 9.54 Å². The van der Waals surface area contributed by atoms with Gasteiger partial charge in [0.1, 0.15) is 0 Å². The summed E-state index contributed by atoms with van der Waals surface area (Å²) in [5.74, 6) is -0.942. The van der Waals surface area contributed by atoms with Crippen LogP contribution >= 0.6 is 0 Å². The minimum atomic E-state index is -4.23. The third-order valence-corrected chi connectivity index (χ3v) is 4.10. The molecule has 8 heteroatoms. The number of aromatic nitrogens is 1. The van der Waals surface area contributed by atoms with Crippen molar-refractivity contribution in [1.29, 1.82) is 0 Å². The molecule has 1 rings (SSSR count). The Morgan fingerprint density at radius 2 is 1.58 bits per heavy atom. The topological polar surface area (TPSA) is 114 Å². The van der Waals surface area contributed by atoms with Gasteiger partial charge in [-0.15, -0.1) is 0 Å². The third-order valence-electron chi connectivity index (χ3n) is 3.64. The van der Waals surface area contributed by atoms with Gasteiger partial charge in [-0.25, -0.2) is 8.98 Å². The second-order valence-electron chi connectivity index (χ2n) is 5.98. The number of aromatic carboxylic acids is 1. The van der Waals surface area contributed by atoms with Gasteiger partial charge in [0.2, 0.25) is 0 Å². The number of hydrogen-bond acceptors (Lipinski definition) is 5. The first-order valence-electron chi connectivity index (χ1n) is 9.12. The predicted octanol–water partition coefficient (Wildman–Crippen LogP) is 4.51. The molecule has 0 aliphatic carbocycles. The van der Waals surface area contributed by atoms with Crippen molar-refractivity contribution in [3.63, 3.8) is 0 Å². The van der Waals surface area contributed by atoms with Crippen molar-refractivity contribution in [1.82, 2.24) is 4.98 Å². The highest BCUT2D eigenvalue weighted by Crippen LogP contribution is 2.10. The van der Waals surface area contributed by atoms with Crippen LogP contribution in [0, 0.1) is 0 Å². The lowest BCUT2D eigenvalue weighted by atomic mass is 10.1. The molecule has 0 radical (unpaired) electrons. The summed E-state index contributed by atoms with van der Waals surface area (Å²) in [5.41, 5.74) is 0.220. The van der Waals surface area contributed by atoms with E-state index in [0.29, 0.717) is 6.42 Å². The Labute approximate surface area is 156 Å². The lowest BCUT2D eigenvalue weighted by molar-refractivity contribution is 0.0696. The number of pyridine rings is 1. The SMILES string of the molecule is CCCCCCCCCCCCOS(=O)(=O)O.O=C(O)c1cccnc1. The molecule has 1 aromatic heterocycles. The van der Waals surface area contributed by atoms with Crippen LogP contribution in [0.15, 0.2) is 24.5 Å². The van der Waals surface area contributed by atoms with E-state index in [-0.39, 0.29) is 12.2 Å². The first-order valence-corrected chi connectivity index (χ1v) is 10.5. The summed E-state index contributed by atoms with van der Waals surface area (Å²) in [5, 5.41) is 8.34. The largest absolute Gasteiger partial charge is 0.478 e. The summed E-state index contributed by atoms with van der Waals surface area (Å²) in [4.78, 5) is 13.8. The van der Waals surface area contributed by atoms with Gasteiger partial charge >= 0.3 is 16.4 Å². The lowest BCUT2D eigenvalue weighted by Gasteiger charge is -2.02. The predicted molar refractivity (Wildman–Crippen MR) is 101 cm³/mol. The van der Waals surface area contributed by atoms with E-state index < -0.39 is 16.4 Å². The maximum absolute atomic E-state index is 10.2. The molecular weight excluding hydrogens is 358 g/mol. The zero-order chi connectivity index (χ0) is 19.7. The van der Waals surface area contributed by atoms with E-state index in [4.69, 9.17) is 9.66 Å². The highest BCUT2D eigenvalue weighted by Gasteiger charge is 2.02. The maximum Gasteiger partial charge on any atom is 0.397 e. The summed E-state index contributed by atoms with van der Waals surface area (Å²) < 4.78 is 33.0. The fourth-order valence-corrected chi connectivity index (χ4v) is 2.57. The van der Waals surface area contributed by atoms with Crippen LogP contribution in [0.5, 0.6) is 0 Å². The average Bonchev–Trinajstić information content (AvgIpc) is 2.60. The summed E-state index contributed by atoms with van der Waals surface area (Å²) in [6, 6.07) is 3.08. The lowest BCUT2D eigenvalue weighted by Crippen LogP contribution is -2.04. The van der Waals surface area contributed by atoms with Gasteiger partial charge < -0.3 is 5.11 Å². The minimum Gasteiger partial charge on any atom is -0.478 e. The fraction of sp³-hybridized carbons (Fsp3) is 0.667.